The number of carbonyl (C=O) groups excluding carboxylic acids is 2. The van der Waals surface area contributed by atoms with Crippen molar-refractivity contribution in [3.63, 3.8) is 0 Å². The third-order valence-electron chi connectivity index (χ3n) is 8.67. The van der Waals surface area contributed by atoms with Crippen LogP contribution in [0.2, 0.25) is 5.02 Å². The van der Waals surface area contributed by atoms with E-state index in [1.807, 2.05) is 29.7 Å². The second-order valence-corrected chi connectivity index (χ2v) is 14.1. The third-order valence-corrected chi connectivity index (χ3v) is 9.88. The number of hydrogen-bond acceptors (Lipinski definition) is 8. The molecule has 2 amide bonds. The molecule has 0 saturated carbocycles. The molecule has 0 unspecified atom stereocenters. The molecule has 43 heavy (non-hydrogen) atoms. The van der Waals surface area contributed by atoms with E-state index in [0.29, 0.717) is 69.2 Å². The minimum atomic E-state index is -0.517. The lowest BCUT2D eigenvalue weighted by Crippen LogP contribution is -2.61. The van der Waals surface area contributed by atoms with Crippen molar-refractivity contribution in [2.24, 2.45) is 0 Å². The van der Waals surface area contributed by atoms with Crippen LogP contribution in [0.3, 0.4) is 0 Å². The van der Waals surface area contributed by atoms with Crippen molar-refractivity contribution in [2.75, 3.05) is 49.1 Å². The van der Waals surface area contributed by atoms with Gasteiger partial charge in [-0.25, -0.2) is 14.4 Å². The quantitative estimate of drug-likeness (QED) is 0.431. The first-order valence-electron chi connectivity index (χ1n) is 14.6. The highest BCUT2D eigenvalue weighted by molar-refractivity contribution is 7.13. The van der Waals surface area contributed by atoms with Gasteiger partial charge in [0.2, 0.25) is 0 Å². The van der Waals surface area contributed by atoms with Crippen molar-refractivity contribution in [3.05, 3.63) is 63.6 Å². The van der Waals surface area contributed by atoms with Gasteiger partial charge in [-0.05, 0) is 57.0 Å². The molecule has 12 heteroatoms. The molecule has 9 nitrogen and oxygen atoms in total. The van der Waals surface area contributed by atoms with Crippen LogP contribution in [0.1, 0.15) is 67.2 Å². The molecule has 6 rings (SSSR count). The topological polar surface area (TPSA) is 93.1 Å². The van der Waals surface area contributed by atoms with Gasteiger partial charge < -0.3 is 24.7 Å². The summed E-state index contributed by atoms with van der Waals surface area (Å²) < 4.78 is 14.3. The first kappa shape index (κ1) is 29.8. The molecule has 3 aliphatic rings. The van der Waals surface area contributed by atoms with Crippen molar-refractivity contribution in [3.8, 4) is 0 Å². The first-order chi connectivity index (χ1) is 20.3. The number of amides is 2. The Bertz CT molecular complexity index is 1570. The lowest BCUT2D eigenvalue weighted by Gasteiger charge is -2.47. The van der Waals surface area contributed by atoms with Crippen LogP contribution in [0.15, 0.2) is 35.7 Å². The van der Waals surface area contributed by atoms with Crippen LogP contribution in [0.5, 0.6) is 0 Å². The maximum absolute atomic E-state index is 14.3. The molecule has 2 saturated heterocycles. The zero-order valence-electron chi connectivity index (χ0n) is 24.8. The Morgan fingerprint density at radius 2 is 1.72 bits per heavy atom. The monoisotopic (exact) mass is 626 g/mol. The number of aromatic nitrogens is 2. The van der Waals surface area contributed by atoms with Gasteiger partial charge in [-0.3, -0.25) is 9.59 Å². The van der Waals surface area contributed by atoms with Crippen LogP contribution in [0, 0.1) is 5.82 Å². The van der Waals surface area contributed by atoms with Crippen LogP contribution in [-0.2, 0) is 5.41 Å². The van der Waals surface area contributed by atoms with Gasteiger partial charge in [0.1, 0.15) is 17.2 Å². The molecular weight excluding hydrogens is 591 g/mol. The third kappa shape index (κ3) is 5.58. The zero-order chi connectivity index (χ0) is 30.7. The lowest BCUT2D eigenvalue weighted by atomic mass is 9.91. The summed E-state index contributed by atoms with van der Waals surface area (Å²) in [5.74, 6) is -0.718. The Balaban J connectivity index is 1.17. The number of thiazole rings is 1. The maximum atomic E-state index is 14.3. The molecule has 3 aromatic rings. The second kappa shape index (κ2) is 11.0. The molecule has 0 radical (unpaired) electrons. The predicted molar refractivity (Wildman–Crippen MR) is 166 cm³/mol. The normalized spacial score (nSPS) is 20.0. The fourth-order valence-electron chi connectivity index (χ4n) is 6.30. The minimum Gasteiger partial charge on any atom is -0.393 e. The maximum Gasteiger partial charge on any atom is 0.273 e. The summed E-state index contributed by atoms with van der Waals surface area (Å²) in [6.07, 6.45) is 0.832. The van der Waals surface area contributed by atoms with E-state index in [1.165, 1.54) is 17.4 Å². The van der Waals surface area contributed by atoms with E-state index in [2.05, 4.69) is 23.7 Å². The number of carbonyl (C=O) groups is 2. The van der Waals surface area contributed by atoms with Gasteiger partial charge in [0.15, 0.2) is 5.13 Å². The van der Waals surface area contributed by atoms with Crippen LogP contribution < -0.4 is 9.80 Å². The highest BCUT2D eigenvalue weighted by atomic mass is 35.5. The van der Waals surface area contributed by atoms with E-state index in [-0.39, 0.29) is 28.4 Å². The molecule has 2 aromatic heterocycles. The van der Waals surface area contributed by atoms with Crippen LogP contribution in [-0.4, -0.2) is 87.6 Å². The number of halogens is 2. The van der Waals surface area contributed by atoms with Crippen molar-refractivity contribution in [1.82, 2.24) is 19.8 Å². The fraction of sp³-hybridized carbons (Fsp3) is 0.484. The standard InChI is InChI=1S/C31H36ClFN6O3S/c1-30(2)17-38(19-5-6-21(32)22(33)15-19)25-8-7-23(34-26(25)30)28(42)39-14-13-37(18-31(39,3)4)29-35-24(16-43-29)27(41)36-11-9-20(40)10-12-36/h5-8,15-16,20,40H,9-14,17-18H2,1-4H3. The molecule has 5 heterocycles. The molecule has 0 bridgehead atoms. The van der Waals surface area contributed by atoms with Gasteiger partial charge >= 0.3 is 0 Å². The van der Waals surface area contributed by atoms with E-state index in [4.69, 9.17) is 16.6 Å². The van der Waals surface area contributed by atoms with Crippen molar-refractivity contribution < 1.29 is 19.1 Å². The lowest BCUT2D eigenvalue weighted by molar-refractivity contribution is 0.0507. The Kier molecular flexibility index (Phi) is 7.63. The van der Waals surface area contributed by atoms with E-state index < -0.39 is 11.4 Å². The molecule has 0 spiro atoms. The Labute approximate surface area is 259 Å². The Hall–Kier alpha value is -3.28. The molecule has 2 fully saturated rings. The SMILES string of the molecule is CC1(C)CN(c2ccc(Cl)c(F)c2)c2ccc(C(=O)N3CCN(c4nc(C(=O)N5CCC(O)CC5)cs4)CC3(C)C)nc21. The summed E-state index contributed by atoms with van der Waals surface area (Å²) in [7, 11) is 0. The number of piperidine rings is 1. The number of hydrogen-bond donors (Lipinski definition) is 1. The number of fused-ring (bicyclic) bond motifs is 1. The van der Waals surface area contributed by atoms with Crippen LogP contribution in [0.25, 0.3) is 0 Å². The number of rotatable bonds is 4. The highest BCUT2D eigenvalue weighted by Crippen LogP contribution is 2.44. The number of aliphatic hydroxyl groups excluding tert-OH is 1. The summed E-state index contributed by atoms with van der Waals surface area (Å²) >= 11 is 7.35. The summed E-state index contributed by atoms with van der Waals surface area (Å²) in [5.41, 5.74) is 2.27. The van der Waals surface area contributed by atoms with E-state index in [0.717, 1.165) is 16.5 Å². The van der Waals surface area contributed by atoms with E-state index in [1.54, 1.807) is 28.5 Å². The Morgan fingerprint density at radius 1 is 0.977 bits per heavy atom. The van der Waals surface area contributed by atoms with Gasteiger partial charge in [0, 0.05) is 55.8 Å². The number of anilines is 3. The highest BCUT2D eigenvalue weighted by Gasteiger charge is 2.41. The second-order valence-electron chi connectivity index (χ2n) is 12.9. The summed E-state index contributed by atoms with van der Waals surface area (Å²) in [4.78, 5) is 44.2. The van der Waals surface area contributed by atoms with Gasteiger partial charge in [-0.2, -0.15) is 0 Å². The Morgan fingerprint density at radius 3 is 2.42 bits per heavy atom. The van der Waals surface area contributed by atoms with E-state index in [9.17, 15) is 19.1 Å². The molecule has 228 valence electrons. The number of likely N-dealkylation sites (tertiary alicyclic amines) is 1. The first-order valence-corrected chi connectivity index (χ1v) is 15.8. The van der Waals surface area contributed by atoms with Crippen molar-refractivity contribution >= 4 is 51.3 Å². The van der Waals surface area contributed by atoms with Crippen molar-refractivity contribution in [2.45, 2.75) is 57.6 Å². The number of pyridine rings is 1. The van der Waals surface area contributed by atoms with Crippen LogP contribution in [0.4, 0.5) is 20.9 Å². The van der Waals surface area contributed by atoms with Gasteiger partial charge in [0.25, 0.3) is 11.8 Å². The number of nitrogens with zero attached hydrogens (tertiary/aromatic N) is 6. The average Bonchev–Trinajstić information content (AvgIpc) is 3.56. The van der Waals surface area contributed by atoms with E-state index >= 15 is 0 Å². The fourth-order valence-corrected chi connectivity index (χ4v) is 7.24. The van der Waals surface area contributed by atoms with Gasteiger partial charge in [0.05, 0.1) is 28.0 Å². The molecule has 0 atom stereocenters. The van der Waals surface area contributed by atoms with Gasteiger partial charge in [-0.1, -0.05) is 25.4 Å². The minimum absolute atomic E-state index is 0.0759. The number of benzene rings is 1. The van der Waals surface area contributed by atoms with Crippen LogP contribution >= 0.6 is 22.9 Å². The molecule has 0 aliphatic carbocycles. The largest absolute Gasteiger partial charge is 0.393 e. The average molecular weight is 627 g/mol. The predicted octanol–water partition coefficient (Wildman–Crippen LogP) is 5.10. The molecular formula is C31H36ClFN6O3S. The van der Waals surface area contributed by atoms with Gasteiger partial charge in [-0.15, -0.1) is 11.3 Å². The smallest absolute Gasteiger partial charge is 0.273 e. The van der Waals surface area contributed by atoms with Crippen molar-refractivity contribution in [1.29, 1.82) is 0 Å². The molecule has 3 aliphatic heterocycles. The number of piperazine rings is 1. The number of aliphatic hydroxyl groups is 1. The molecule has 1 N–H and O–H groups in total. The summed E-state index contributed by atoms with van der Waals surface area (Å²) in [6.45, 7) is 11.5. The summed E-state index contributed by atoms with van der Waals surface area (Å²) in [6, 6.07) is 8.42. The summed E-state index contributed by atoms with van der Waals surface area (Å²) in [5, 5.41) is 12.4. The zero-order valence-corrected chi connectivity index (χ0v) is 26.4. The molecule has 1 aromatic carbocycles.